The molecule has 0 bridgehead atoms. The molecule has 4 heteroatoms. The zero-order valence-corrected chi connectivity index (χ0v) is 7.94. The van der Waals surface area contributed by atoms with Crippen LogP contribution >= 0.6 is 0 Å². The standard InChI is InChI=1S/C10H13N3O/c14-10(3-4-13-9-1-2-9)8-5-11-7-12-6-8/h5-7,9,13H,1-4H2. The van der Waals surface area contributed by atoms with E-state index >= 15 is 0 Å². The second-order valence-electron chi connectivity index (χ2n) is 3.53. The van der Waals surface area contributed by atoms with Gasteiger partial charge in [-0.2, -0.15) is 0 Å². The van der Waals surface area contributed by atoms with Crippen molar-refractivity contribution in [1.29, 1.82) is 0 Å². The predicted octanol–water partition coefficient (Wildman–Crippen LogP) is 0.801. The van der Waals surface area contributed by atoms with Crippen molar-refractivity contribution in [3.8, 4) is 0 Å². The molecule has 0 amide bonds. The summed E-state index contributed by atoms with van der Waals surface area (Å²) in [4.78, 5) is 19.1. The topological polar surface area (TPSA) is 54.9 Å². The molecule has 0 aliphatic heterocycles. The van der Waals surface area contributed by atoms with Crippen LogP contribution in [0.15, 0.2) is 18.7 Å². The Morgan fingerprint density at radius 3 is 2.79 bits per heavy atom. The van der Waals surface area contributed by atoms with Gasteiger partial charge in [0.15, 0.2) is 5.78 Å². The van der Waals surface area contributed by atoms with Crippen LogP contribution in [0.3, 0.4) is 0 Å². The van der Waals surface area contributed by atoms with Crippen molar-refractivity contribution in [3.63, 3.8) is 0 Å². The Morgan fingerprint density at radius 1 is 1.43 bits per heavy atom. The third-order valence-corrected chi connectivity index (χ3v) is 2.24. The molecule has 1 aromatic rings. The second kappa shape index (κ2) is 4.28. The van der Waals surface area contributed by atoms with Gasteiger partial charge in [0.25, 0.3) is 0 Å². The van der Waals surface area contributed by atoms with Gasteiger partial charge in [-0.15, -0.1) is 0 Å². The van der Waals surface area contributed by atoms with Gasteiger partial charge >= 0.3 is 0 Å². The van der Waals surface area contributed by atoms with Gasteiger partial charge < -0.3 is 5.32 Å². The van der Waals surface area contributed by atoms with Crippen LogP contribution in [0.4, 0.5) is 0 Å². The Morgan fingerprint density at radius 2 is 2.14 bits per heavy atom. The van der Waals surface area contributed by atoms with Crippen LogP contribution in [-0.2, 0) is 0 Å². The largest absolute Gasteiger partial charge is 0.314 e. The fraction of sp³-hybridized carbons (Fsp3) is 0.500. The lowest BCUT2D eigenvalue weighted by Gasteiger charge is -2.01. The van der Waals surface area contributed by atoms with Crippen LogP contribution in [0, 0.1) is 0 Å². The number of ketones is 1. The average molecular weight is 191 g/mol. The first kappa shape index (κ1) is 9.27. The third kappa shape index (κ3) is 2.60. The van der Waals surface area contributed by atoms with Gasteiger partial charge in [0.05, 0.1) is 5.56 Å². The summed E-state index contributed by atoms with van der Waals surface area (Å²) in [6.07, 6.45) is 7.59. The van der Waals surface area contributed by atoms with E-state index < -0.39 is 0 Å². The van der Waals surface area contributed by atoms with Gasteiger partial charge in [0, 0.05) is 31.4 Å². The van der Waals surface area contributed by atoms with Crippen LogP contribution in [-0.4, -0.2) is 28.3 Å². The summed E-state index contributed by atoms with van der Waals surface area (Å²) in [6, 6.07) is 0.662. The number of hydrogen-bond acceptors (Lipinski definition) is 4. The maximum atomic E-state index is 11.5. The molecule has 4 nitrogen and oxygen atoms in total. The molecule has 1 fully saturated rings. The highest BCUT2D eigenvalue weighted by Crippen LogP contribution is 2.18. The molecular formula is C10H13N3O. The van der Waals surface area contributed by atoms with Crippen molar-refractivity contribution in [1.82, 2.24) is 15.3 Å². The maximum absolute atomic E-state index is 11.5. The molecule has 0 unspecified atom stereocenters. The number of rotatable bonds is 5. The van der Waals surface area contributed by atoms with Crippen molar-refractivity contribution in [3.05, 3.63) is 24.3 Å². The molecule has 0 atom stereocenters. The second-order valence-corrected chi connectivity index (χ2v) is 3.53. The van der Waals surface area contributed by atoms with E-state index in [-0.39, 0.29) is 5.78 Å². The lowest BCUT2D eigenvalue weighted by atomic mass is 10.1. The molecule has 0 spiro atoms. The minimum absolute atomic E-state index is 0.110. The summed E-state index contributed by atoms with van der Waals surface area (Å²) in [5, 5.41) is 3.30. The Balaban J connectivity index is 1.77. The number of carbonyl (C=O) groups is 1. The van der Waals surface area contributed by atoms with E-state index in [1.54, 1.807) is 12.4 Å². The molecule has 1 aromatic heterocycles. The van der Waals surface area contributed by atoms with E-state index in [1.165, 1.54) is 19.2 Å². The Hall–Kier alpha value is -1.29. The first-order valence-corrected chi connectivity index (χ1v) is 4.88. The van der Waals surface area contributed by atoms with Crippen molar-refractivity contribution in [2.45, 2.75) is 25.3 Å². The molecule has 1 heterocycles. The molecule has 1 N–H and O–H groups in total. The minimum atomic E-state index is 0.110. The van der Waals surface area contributed by atoms with Gasteiger partial charge in [-0.1, -0.05) is 0 Å². The Bertz CT molecular complexity index is 308. The normalized spacial score (nSPS) is 15.4. The van der Waals surface area contributed by atoms with Crippen LogP contribution in [0.5, 0.6) is 0 Å². The summed E-state index contributed by atoms with van der Waals surface area (Å²) in [7, 11) is 0. The van der Waals surface area contributed by atoms with E-state index in [4.69, 9.17) is 0 Å². The number of Topliss-reactive ketones (excluding diaryl/α,β-unsaturated/α-hetero) is 1. The Kier molecular flexibility index (Phi) is 2.84. The first-order valence-electron chi connectivity index (χ1n) is 4.88. The van der Waals surface area contributed by atoms with E-state index in [1.807, 2.05) is 0 Å². The highest BCUT2D eigenvalue weighted by Gasteiger charge is 2.20. The molecule has 1 aliphatic carbocycles. The number of nitrogens with zero attached hydrogens (tertiary/aromatic N) is 2. The quantitative estimate of drug-likeness (QED) is 0.699. The zero-order chi connectivity index (χ0) is 9.80. The van der Waals surface area contributed by atoms with Crippen molar-refractivity contribution in [2.24, 2.45) is 0 Å². The SMILES string of the molecule is O=C(CCNC1CC1)c1cncnc1. The number of hydrogen-bond donors (Lipinski definition) is 1. The van der Waals surface area contributed by atoms with E-state index in [2.05, 4.69) is 15.3 Å². The van der Waals surface area contributed by atoms with Crippen LogP contribution in [0.1, 0.15) is 29.6 Å². The summed E-state index contributed by atoms with van der Waals surface area (Å²) in [6.45, 7) is 0.762. The van der Waals surface area contributed by atoms with Gasteiger partial charge in [0.2, 0.25) is 0 Å². The number of nitrogens with one attached hydrogen (secondary N) is 1. The molecule has 1 saturated carbocycles. The van der Waals surface area contributed by atoms with Crippen LogP contribution in [0.25, 0.3) is 0 Å². The number of carbonyl (C=O) groups excluding carboxylic acids is 1. The fourth-order valence-electron chi connectivity index (χ4n) is 1.26. The van der Waals surface area contributed by atoms with Crippen molar-refractivity contribution in [2.75, 3.05) is 6.54 Å². The molecular weight excluding hydrogens is 178 g/mol. The smallest absolute Gasteiger partial charge is 0.167 e. The highest BCUT2D eigenvalue weighted by molar-refractivity contribution is 5.95. The summed E-state index contributed by atoms with van der Waals surface area (Å²) < 4.78 is 0. The molecule has 0 radical (unpaired) electrons. The summed E-state index contributed by atoms with van der Waals surface area (Å²) >= 11 is 0. The van der Waals surface area contributed by atoms with Crippen LogP contribution in [0.2, 0.25) is 0 Å². The van der Waals surface area contributed by atoms with Gasteiger partial charge in [-0.25, -0.2) is 9.97 Å². The van der Waals surface area contributed by atoms with Gasteiger partial charge in [-0.3, -0.25) is 4.79 Å². The van der Waals surface area contributed by atoms with Gasteiger partial charge in [-0.05, 0) is 12.8 Å². The summed E-state index contributed by atoms with van der Waals surface area (Å²) in [5.41, 5.74) is 0.602. The molecule has 0 aromatic carbocycles. The Labute approximate surface area is 82.8 Å². The van der Waals surface area contributed by atoms with E-state index in [0.29, 0.717) is 18.0 Å². The minimum Gasteiger partial charge on any atom is -0.314 e. The predicted molar refractivity (Wildman–Crippen MR) is 52.0 cm³/mol. The molecule has 74 valence electrons. The van der Waals surface area contributed by atoms with Crippen molar-refractivity contribution >= 4 is 5.78 Å². The van der Waals surface area contributed by atoms with Gasteiger partial charge in [0.1, 0.15) is 6.33 Å². The fourth-order valence-corrected chi connectivity index (χ4v) is 1.26. The lowest BCUT2D eigenvalue weighted by molar-refractivity contribution is 0.0982. The molecule has 1 aliphatic rings. The maximum Gasteiger partial charge on any atom is 0.167 e. The average Bonchev–Trinajstić information content (AvgIpc) is 3.03. The third-order valence-electron chi connectivity index (χ3n) is 2.24. The molecule has 2 rings (SSSR count). The molecule has 14 heavy (non-hydrogen) atoms. The van der Waals surface area contributed by atoms with E-state index in [0.717, 1.165) is 6.54 Å². The zero-order valence-electron chi connectivity index (χ0n) is 7.94. The monoisotopic (exact) mass is 191 g/mol. The summed E-state index contributed by atoms with van der Waals surface area (Å²) in [5.74, 6) is 0.110. The van der Waals surface area contributed by atoms with Crippen LogP contribution < -0.4 is 5.32 Å². The lowest BCUT2D eigenvalue weighted by Crippen LogP contribution is -2.20. The molecule has 0 saturated heterocycles. The van der Waals surface area contributed by atoms with E-state index in [9.17, 15) is 4.79 Å². The van der Waals surface area contributed by atoms with Crippen molar-refractivity contribution < 1.29 is 4.79 Å². The first-order chi connectivity index (χ1) is 6.86. The number of aromatic nitrogens is 2. The highest BCUT2D eigenvalue weighted by atomic mass is 16.1.